The van der Waals surface area contributed by atoms with Gasteiger partial charge in [0.2, 0.25) is 11.8 Å². The molecule has 0 unspecified atom stereocenters. The van der Waals surface area contributed by atoms with Gasteiger partial charge in [-0.25, -0.2) is 0 Å². The van der Waals surface area contributed by atoms with Gasteiger partial charge in [-0.1, -0.05) is 44.6 Å². The second kappa shape index (κ2) is 10.9. The molecule has 0 N–H and O–H groups in total. The molecule has 0 heterocycles. The van der Waals surface area contributed by atoms with Crippen molar-refractivity contribution < 1.29 is 9.59 Å². The van der Waals surface area contributed by atoms with Crippen LogP contribution < -0.4 is 9.80 Å². The topological polar surface area (TPSA) is 40.6 Å². The molecule has 0 radical (unpaired) electrons. The quantitative estimate of drug-likeness (QED) is 0.328. The Bertz CT molecular complexity index is 1110. The van der Waals surface area contributed by atoms with Crippen LogP contribution in [0.3, 0.4) is 0 Å². The van der Waals surface area contributed by atoms with Crippen molar-refractivity contribution in [1.29, 1.82) is 0 Å². The van der Waals surface area contributed by atoms with Gasteiger partial charge in [-0.3, -0.25) is 9.59 Å². The number of amides is 2. The number of hydrogen-bond acceptors (Lipinski definition) is 2. The molecule has 2 amide bonds. The van der Waals surface area contributed by atoms with E-state index < -0.39 is 0 Å². The predicted octanol–water partition coefficient (Wildman–Crippen LogP) is 9.45. The fourth-order valence-electron chi connectivity index (χ4n) is 13.7. The summed E-state index contributed by atoms with van der Waals surface area (Å²) in [5.74, 6) is 5.52. The summed E-state index contributed by atoms with van der Waals surface area (Å²) < 4.78 is 0. The Hall–Kier alpha value is -1.84. The van der Waals surface area contributed by atoms with Crippen molar-refractivity contribution in [2.75, 3.05) is 9.80 Å². The second-order valence-electron chi connectivity index (χ2n) is 17.8. The first-order valence-electron chi connectivity index (χ1n) is 19.2. The Balaban J connectivity index is 1.08. The number of anilines is 2. The number of carbonyl (C=O) groups is 2. The molecule has 238 valence electrons. The smallest absolute Gasteiger partial charge is 0.233 e. The van der Waals surface area contributed by atoms with Crippen LogP contribution in [0.1, 0.15) is 141 Å². The summed E-state index contributed by atoms with van der Waals surface area (Å²) in [4.78, 5) is 34.9. The molecule has 0 saturated heterocycles. The molecule has 8 bridgehead atoms. The fraction of sp³-hybridized carbons (Fsp3) is 0.800. The van der Waals surface area contributed by atoms with Crippen LogP contribution in [0.5, 0.6) is 0 Å². The third-order valence-electron chi connectivity index (χ3n) is 14.7. The highest BCUT2D eigenvalue weighted by molar-refractivity contribution is 6.01. The Morgan fingerprint density at radius 2 is 0.818 bits per heavy atom. The first kappa shape index (κ1) is 28.4. The molecule has 10 saturated carbocycles. The highest BCUT2D eigenvalue weighted by Crippen LogP contribution is 2.62. The van der Waals surface area contributed by atoms with E-state index in [1.54, 1.807) is 0 Å². The number of carbonyl (C=O) groups excluding carboxylic acids is 2. The van der Waals surface area contributed by atoms with Crippen molar-refractivity contribution in [2.45, 2.75) is 153 Å². The SMILES string of the molecule is O=C(N(c1cccc(N(C(=O)C23CC4CC(CC(C4)C2)C3)C2CCCCC2)c1)C1CCCCC1)C12CC3CC(CC(C3)C1)C2. The molecule has 4 nitrogen and oxygen atoms in total. The van der Waals surface area contributed by atoms with Crippen LogP contribution in [0.25, 0.3) is 0 Å². The summed E-state index contributed by atoms with van der Waals surface area (Å²) in [5.41, 5.74) is 1.91. The van der Waals surface area contributed by atoms with Crippen molar-refractivity contribution in [2.24, 2.45) is 46.3 Å². The summed E-state index contributed by atoms with van der Waals surface area (Å²) >= 11 is 0. The zero-order valence-corrected chi connectivity index (χ0v) is 27.2. The molecular weight excluding hydrogens is 540 g/mol. The van der Waals surface area contributed by atoms with E-state index in [4.69, 9.17) is 0 Å². The van der Waals surface area contributed by atoms with Crippen molar-refractivity contribution in [3.8, 4) is 0 Å². The molecule has 4 heteroatoms. The maximum atomic E-state index is 15.1. The first-order valence-corrected chi connectivity index (χ1v) is 19.2. The van der Waals surface area contributed by atoms with E-state index in [-0.39, 0.29) is 10.8 Å². The lowest BCUT2D eigenvalue weighted by Gasteiger charge is -2.57. The minimum atomic E-state index is -0.139. The van der Waals surface area contributed by atoms with Gasteiger partial charge in [0.1, 0.15) is 0 Å². The molecule has 0 atom stereocenters. The van der Waals surface area contributed by atoms with E-state index >= 15 is 9.59 Å². The van der Waals surface area contributed by atoms with Gasteiger partial charge < -0.3 is 9.80 Å². The highest BCUT2D eigenvalue weighted by Gasteiger charge is 2.58. The van der Waals surface area contributed by atoms with Crippen molar-refractivity contribution in [3.63, 3.8) is 0 Å². The molecule has 10 fully saturated rings. The van der Waals surface area contributed by atoms with Crippen LogP contribution in [0, 0.1) is 46.3 Å². The highest BCUT2D eigenvalue weighted by atomic mass is 16.2. The second-order valence-corrected chi connectivity index (χ2v) is 17.8. The number of hydrogen-bond donors (Lipinski definition) is 0. The van der Waals surface area contributed by atoms with Gasteiger partial charge in [0.15, 0.2) is 0 Å². The maximum Gasteiger partial charge on any atom is 0.233 e. The third kappa shape index (κ3) is 4.73. The maximum absolute atomic E-state index is 15.1. The van der Waals surface area contributed by atoms with Crippen LogP contribution in [0.4, 0.5) is 11.4 Å². The lowest BCUT2D eigenvalue weighted by atomic mass is 9.49. The average molecular weight is 597 g/mol. The van der Waals surface area contributed by atoms with Gasteiger partial charge >= 0.3 is 0 Å². The Morgan fingerprint density at radius 1 is 0.500 bits per heavy atom. The minimum absolute atomic E-state index is 0.139. The van der Waals surface area contributed by atoms with E-state index in [2.05, 4.69) is 34.1 Å². The summed E-state index contributed by atoms with van der Waals surface area (Å²) in [7, 11) is 0. The largest absolute Gasteiger partial charge is 0.309 e. The van der Waals surface area contributed by atoms with Crippen molar-refractivity contribution >= 4 is 23.2 Å². The molecule has 10 aliphatic carbocycles. The van der Waals surface area contributed by atoms with E-state index in [0.29, 0.717) is 23.9 Å². The molecule has 10 aliphatic rings. The molecule has 1 aromatic rings. The first-order chi connectivity index (χ1) is 21.5. The van der Waals surface area contributed by atoms with Crippen LogP contribution >= 0.6 is 0 Å². The standard InChI is InChI=1S/C40H56N2O2/c43-37(39-21-27-14-28(22-39)16-29(15-27)23-39)41(33-8-3-1-4-9-33)35-12-7-13-36(20-35)42(34-10-5-2-6-11-34)38(44)40-24-30-17-31(25-40)19-32(18-30)26-40/h7,12-13,20,27-34H,1-6,8-11,14-19,21-26H2. The summed E-state index contributed by atoms with van der Waals surface area (Å²) in [5, 5.41) is 0. The van der Waals surface area contributed by atoms with Gasteiger partial charge in [0, 0.05) is 23.5 Å². The molecular formula is C40H56N2O2. The fourth-order valence-corrected chi connectivity index (χ4v) is 13.7. The predicted molar refractivity (Wildman–Crippen MR) is 176 cm³/mol. The molecule has 0 aromatic heterocycles. The Morgan fingerprint density at radius 3 is 1.14 bits per heavy atom. The third-order valence-corrected chi connectivity index (χ3v) is 14.7. The molecule has 44 heavy (non-hydrogen) atoms. The van der Waals surface area contributed by atoms with Crippen LogP contribution in [0.15, 0.2) is 24.3 Å². The van der Waals surface area contributed by atoms with Gasteiger partial charge in [-0.15, -0.1) is 0 Å². The molecule has 0 aliphatic heterocycles. The van der Waals surface area contributed by atoms with E-state index in [0.717, 1.165) is 111 Å². The normalized spacial score (nSPS) is 41.2. The van der Waals surface area contributed by atoms with Gasteiger partial charge in [0.25, 0.3) is 0 Å². The van der Waals surface area contributed by atoms with E-state index in [1.165, 1.54) is 77.0 Å². The zero-order valence-electron chi connectivity index (χ0n) is 27.2. The number of rotatable bonds is 6. The lowest BCUT2D eigenvalue weighted by Crippen LogP contribution is -2.57. The van der Waals surface area contributed by atoms with Crippen LogP contribution in [-0.4, -0.2) is 23.9 Å². The molecule has 11 rings (SSSR count). The molecule has 0 spiro atoms. The van der Waals surface area contributed by atoms with Gasteiger partial charge in [-0.05, 0) is 156 Å². The minimum Gasteiger partial charge on any atom is -0.309 e. The van der Waals surface area contributed by atoms with Gasteiger partial charge in [0.05, 0.1) is 10.8 Å². The van der Waals surface area contributed by atoms with Crippen LogP contribution in [-0.2, 0) is 9.59 Å². The van der Waals surface area contributed by atoms with Gasteiger partial charge in [-0.2, -0.15) is 0 Å². The summed E-state index contributed by atoms with van der Waals surface area (Å²) in [6, 6.07) is 9.58. The Kier molecular flexibility index (Phi) is 7.01. The number of nitrogens with zero attached hydrogens (tertiary/aromatic N) is 2. The van der Waals surface area contributed by atoms with Crippen LogP contribution in [0.2, 0.25) is 0 Å². The average Bonchev–Trinajstić information content (AvgIpc) is 3.01. The molecule has 1 aromatic carbocycles. The lowest BCUT2D eigenvalue weighted by molar-refractivity contribution is -0.144. The summed E-state index contributed by atoms with van der Waals surface area (Å²) in [6.07, 6.45) is 27.0. The Labute approximate surface area is 266 Å². The summed E-state index contributed by atoms with van der Waals surface area (Å²) in [6.45, 7) is 0. The van der Waals surface area contributed by atoms with Crippen molar-refractivity contribution in [1.82, 2.24) is 0 Å². The number of benzene rings is 1. The monoisotopic (exact) mass is 596 g/mol. The van der Waals surface area contributed by atoms with E-state index in [1.807, 2.05) is 0 Å². The van der Waals surface area contributed by atoms with E-state index in [9.17, 15) is 0 Å². The van der Waals surface area contributed by atoms with Crippen molar-refractivity contribution in [3.05, 3.63) is 24.3 Å². The zero-order chi connectivity index (χ0) is 29.5.